The van der Waals surface area contributed by atoms with E-state index in [1.165, 1.54) is 11.1 Å². The molecular weight excluding hydrogens is 398 g/mol. The van der Waals surface area contributed by atoms with Gasteiger partial charge in [-0.05, 0) is 42.0 Å². The van der Waals surface area contributed by atoms with Gasteiger partial charge < -0.3 is 14.8 Å². The lowest BCUT2D eigenvalue weighted by molar-refractivity contribution is -0.166. The molecule has 1 fully saturated rings. The molecule has 0 radical (unpaired) electrons. The molecular formula is C27H31N3O2. The molecule has 0 aliphatic carbocycles. The molecule has 1 N–H and O–H groups in total. The van der Waals surface area contributed by atoms with Crippen LogP contribution in [0.5, 0.6) is 0 Å². The van der Waals surface area contributed by atoms with Gasteiger partial charge in [-0.2, -0.15) is 0 Å². The van der Waals surface area contributed by atoms with Crippen LogP contribution in [0.3, 0.4) is 0 Å². The minimum Gasteiger partial charge on any atom is -0.356 e. The van der Waals surface area contributed by atoms with Gasteiger partial charge in [0.05, 0.1) is 12.2 Å². The molecule has 2 aliphatic heterocycles. The third kappa shape index (κ3) is 2.98. The summed E-state index contributed by atoms with van der Waals surface area (Å²) in [6, 6.07) is 16.9. The predicted molar refractivity (Wildman–Crippen MR) is 126 cm³/mol. The number of benzene rings is 2. The van der Waals surface area contributed by atoms with Crippen molar-refractivity contribution in [1.29, 1.82) is 0 Å². The summed E-state index contributed by atoms with van der Waals surface area (Å²) >= 11 is 0. The highest BCUT2D eigenvalue weighted by Crippen LogP contribution is 2.48. The summed E-state index contributed by atoms with van der Waals surface area (Å²) in [6.45, 7) is 9.49. The molecule has 0 bridgehead atoms. The molecule has 1 saturated heterocycles. The fraction of sp³-hybridized carbons (Fsp3) is 0.407. The molecule has 3 aromatic rings. The molecule has 0 saturated carbocycles. The van der Waals surface area contributed by atoms with Crippen LogP contribution in [-0.4, -0.2) is 46.2 Å². The fourth-order valence-electron chi connectivity index (χ4n) is 5.55. The minimum atomic E-state index is -1.02. The Morgan fingerprint density at radius 2 is 1.81 bits per heavy atom. The van der Waals surface area contributed by atoms with E-state index < -0.39 is 5.54 Å². The van der Waals surface area contributed by atoms with Gasteiger partial charge in [0, 0.05) is 29.9 Å². The highest BCUT2D eigenvalue weighted by molar-refractivity contribution is 6.01. The van der Waals surface area contributed by atoms with Gasteiger partial charge in [0.15, 0.2) is 5.54 Å². The highest BCUT2D eigenvalue weighted by Gasteiger charge is 2.56. The van der Waals surface area contributed by atoms with Gasteiger partial charge in [-0.25, -0.2) is 0 Å². The van der Waals surface area contributed by atoms with E-state index in [1.54, 1.807) is 4.90 Å². The van der Waals surface area contributed by atoms with Gasteiger partial charge in [-0.1, -0.05) is 63.2 Å². The van der Waals surface area contributed by atoms with E-state index in [0.717, 1.165) is 28.6 Å². The number of para-hydroxylation sites is 1. The molecule has 2 atom stereocenters. The summed E-state index contributed by atoms with van der Waals surface area (Å²) in [5.41, 5.74) is 4.48. The van der Waals surface area contributed by atoms with E-state index in [0.29, 0.717) is 19.0 Å². The molecule has 3 heterocycles. The molecule has 0 spiro atoms. The van der Waals surface area contributed by atoms with E-state index in [-0.39, 0.29) is 24.3 Å². The zero-order chi connectivity index (χ0) is 22.6. The zero-order valence-electron chi connectivity index (χ0n) is 19.3. The van der Waals surface area contributed by atoms with Gasteiger partial charge in [-0.15, -0.1) is 0 Å². The quantitative estimate of drug-likeness (QED) is 0.668. The summed E-state index contributed by atoms with van der Waals surface area (Å²) in [4.78, 5) is 34.4. The van der Waals surface area contributed by atoms with Crippen molar-refractivity contribution >= 4 is 22.7 Å². The van der Waals surface area contributed by atoms with Crippen molar-refractivity contribution in [3.05, 3.63) is 70.9 Å². The number of rotatable bonds is 4. The Morgan fingerprint density at radius 3 is 2.50 bits per heavy atom. The summed E-state index contributed by atoms with van der Waals surface area (Å²) < 4.78 is 0. The number of carbonyl (C=O) groups is 2. The molecule has 5 heteroatoms. The first-order chi connectivity index (χ1) is 15.3. The van der Waals surface area contributed by atoms with Gasteiger partial charge in [0.25, 0.3) is 5.91 Å². The maximum absolute atomic E-state index is 13.8. The Balaban J connectivity index is 1.71. The van der Waals surface area contributed by atoms with Crippen LogP contribution in [0.4, 0.5) is 0 Å². The number of nitrogens with zero attached hydrogens (tertiary/aromatic N) is 2. The predicted octanol–water partition coefficient (Wildman–Crippen LogP) is 4.42. The van der Waals surface area contributed by atoms with Crippen molar-refractivity contribution in [3.8, 4) is 0 Å². The summed E-state index contributed by atoms with van der Waals surface area (Å²) in [6.07, 6.45) is 0.992. The number of hydrogen-bond donors (Lipinski definition) is 1. The monoisotopic (exact) mass is 429 g/mol. The van der Waals surface area contributed by atoms with Crippen LogP contribution in [0.1, 0.15) is 56.0 Å². The second-order valence-corrected chi connectivity index (χ2v) is 9.76. The SMILES string of the molecule is CCc1ccc([C@@H]2CN3C(=O)CN(CC(C)C)C(=O)[C@@]3(C)c3[nH]c4ccccc4c32)cc1. The molecule has 5 nitrogen and oxygen atoms in total. The third-order valence-electron chi connectivity index (χ3n) is 7.19. The van der Waals surface area contributed by atoms with Crippen LogP contribution in [0, 0.1) is 5.92 Å². The minimum absolute atomic E-state index is 0.0124. The Hall–Kier alpha value is -3.08. The fourth-order valence-corrected chi connectivity index (χ4v) is 5.55. The number of hydrogen-bond acceptors (Lipinski definition) is 2. The number of aryl methyl sites for hydroxylation is 1. The highest BCUT2D eigenvalue weighted by atomic mass is 16.2. The number of piperazine rings is 1. The Bertz CT molecular complexity index is 1190. The lowest BCUT2D eigenvalue weighted by atomic mass is 9.76. The van der Waals surface area contributed by atoms with Crippen molar-refractivity contribution in [2.24, 2.45) is 5.92 Å². The van der Waals surface area contributed by atoms with Gasteiger partial charge >= 0.3 is 0 Å². The van der Waals surface area contributed by atoms with Crippen LogP contribution < -0.4 is 0 Å². The number of nitrogens with one attached hydrogen (secondary N) is 1. The van der Waals surface area contributed by atoms with Gasteiger partial charge in [0.2, 0.25) is 5.91 Å². The van der Waals surface area contributed by atoms with Gasteiger partial charge in [-0.3, -0.25) is 9.59 Å². The van der Waals surface area contributed by atoms with E-state index in [9.17, 15) is 9.59 Å². The third-order valence-corrected chi connectivity index (χ3v) is 7.19. The number of fused-ring (bicyclic) bond motifs is 5. The second-order valence-electron chi connectivity index (χ2n) is 9.76. The first-order valence-corrected chi connectivity index (χ1v) is 11.6. The maximum atomic E-state index is 13.8. The molecule has 2 aliphatic rings. The van der Waals surface area contributed by atoms with E-state index >= 15 is 0 Å². The van der Waals surface area contributed by atoms with Crippen LogP contribution in [0.15, 0.2) is 48.5 Å². The van der Waals surface area contributed by atoms with Crippen LogP contribution in [-0.2, 0) is 21.5 Å². The second kappa shape index (κ2) is 7.51. The molecule has 32 heavy (non-hydrogen) atoms. The Labute approximate surface area is 189 Å². The lowest BCUT2D eigenvalue weighted by Crippen LogP contribution is -2.67. The maximum Gasteiger partial charge on any atom is 0.254 e. The summed E-state index contributed by atoms with van der Waals surface area (Å²) in [5.74, 6) is 0.358. The largest absolute Gasteiger partial charge is 0.356 e. The first-order valence-electron chi connectivity index (χ1n) is 11.6. The smallest absolute Gasteiger partial charge is 0.254 e. The molecule has 2 amide bonds. The normalized spacial score (nSPS) is 23.1. The van der Waals surface area contributed by atoms with Gasteiger partial charge in [0.1, 0.15) is 0 Å². The molecule has 2 aromatic carbocycles. The molecule has 166 valence electrons. The van der Waals surface area contributed by atoms with Crippen molar-refractivity contribution < 1.29 is 9.59 Å². The average Bonchev–Trinajstić information content (AvgIpc) is 3.18. The number of aromatic nitrogens is 1. The van der Waals surface area contributed by atoms with Crippen LogP contribution in [0.2, 0.25) is 0 Å². The lowest BCUT2D eigenvalue weighted by Gasteiger charge is -2.51. The number of H-pyrrole nitrogens is 1. The molecule has 1 aromatic heterocycles. The van der Waals surface area contributed by atoms with Crippen molar-refractivity contribution in [1.82, 2.24) is 14.8 Å². The summed E-state index contributed by atoms with van der Waals surface area (Å²) in [5, 5.41) is 1.13. The van der Waals surface area contributed by atoms with Crippen molar-refractivity contribution in [2.45, 2.75) is 45.6 Å². The van der Waals surface area contributed by atoms with Crippen LogP contribution in [0.25, 0.3) is 10.9 Å². The zero-order valence-corrected chi connectivity index (χ0v) is 19.3. The standard InChI is InChI=1S/C27H31N3O2/c1-5-18-10-12-19(13-11-18)21-15-30-23(31)16-29(14-17(2)3)26(32)27(30,4)25-24(21)20-8-6-7-9-22(20)28-25/h6-13,17,21,28H,5,14-16H2,1-4H3/t21-,27+/m0/s1. The van der Waals surface area contributed by atoms with Crippen molar-refractivity contribution in [3.63, 3.8) is 0 Å². The van der Waals surface area contributed by atoms with E-state index in [1.807, 2.05) is 24.0 Å². The molecule has 0 unspecified atom stereocenters. The Morgan fingerprint density at radius 1 is 1.09 bits per heavy atom. The van der Waals surface area contributed by atoms with E-state index in [2.05, 4.69) is 62.2 Å². The summed E-state index contributed by atoms with van der Waals surface area (Å²) in [7, 11) is 0. The van der Waals surface area contributed by atoms with E-state index in [4.69, 9.17) is 0 Å². The topological polar surface area (TPSA) is 56.4 Å². The first kappa shape index (κ1) is 20.8. The number of aromatic amines is 1. The number of carbonyl (C=O) groups excluding carboxylic acids is 2. The molecule has 5 rings (SSSR count). The van der Waals surface area contributed by atoms with Crippen LogP contribution >= 0.6 is 0 Å². The number of amides is 2. The van der Waals surface area contributed by atoms with Crippen molar-refractivity contribution in [2.75, 3.05) is 19.6 Å². The Kier molecular flexibility index (Phi) is 4.88. The average molecular weight is 430 g/mol.